The third-order valence-corrected chi connectivity index (χ3v) is 5.07. The number of piperidine rings is 1. The van der Waals surface area contributed by atoms with Gasteiger partial charge in [-0.3, -0.25) is 9.08 Å². The number of allylic oxidation sites excluding steroid dienone is 1. The molecule has 9 heteroatoms. The molecule has 0 radical (unpaired) electrons. The number of hydrogen-bond donors (Lipinski definition) is 4. The minimum absolute atomic E-state index is 0.347. The molecule has 28 heavy (non-hydrogen) atoms. The molecule has 0 amide bonds. The monoisotopic (exact) mass is 396 g/mol. The summed E-state index contributed by atoms with van der Waals surface area (Å²) in [5.41, 5.74) is 4.11. The van der Waals surface area contributed by atoms with Crippen LogP contribution in [0.15, 0.2) is 35.9 Å². The SMILES string of the molecule is CC(=N)/C=C(\S)Nc1nc(C2CCCNC2)cn2c(-c3cnn(C)c3)cnc12. The second-order valence-electron chi connectivity index (χ2n) is 7.13. The number of hydrogen-bond acceptors (Lipinski definition) is 7. The number of rotatable bonds is 5. The second kappa shape index (κ2) is 7.76. The largest absolute Gasteiger partial charge is 0.332 e. The van der Waals surface area contributed by atoms with Crippen molar-refractivity contribution in [2.45, 2.75) is 25.7 Å². The van der Waals surface area contributed by atoms with Crippen LogP contribution < -0.4 is 10.6 Å². The molecule has 0 aliphatic carbocycles. The van der Waals surface area contributed by atoms with E-state index in [1.807, 2.05) is 25.6 Å². The van der Waals surface area contributed by atoms with Crippen LogP contribution in [0.5, 0.6) is 0 Å². The molecule has 1 fully saturated rings. The summed E-state index contributed by atoms with van der Waals surface area (Å²) in [7, 11) is 1.90. The average Bonchev–Trinajstić information content (AvgIpc) is 3.27. The minimum Gasteiger partial charge on any atom is -0.332 e. The van der Waals surface area contributed by atoms with E-state index in [1.54, 1.807) is 17.7 Å². The van der Waals surface area contributed by atoms with E-state index in [0.717, 1.165) is 42.9 Å². The van der Waals surface area contributed by atoms with Gasteiger partial charge in [-0.1, -0.05) is 0 Å². The fraction of sp³-hybridized carbons (Fsp3) is 0.368. The van der Waals surface area contributed by atoms with Crippen molar-refractivity contribution in [1.82, 2.24) is 29.5 Å². The molecule has 146 valence electrons. The maximum absolute atomic E-state index is 7.65. The van der Waals surface area contributed by atoms with E-state index in [0.29, 0.717) is 28.1 Å². The molecule has 1 unspecified atom stereocenters. The zero-order valence-electron chi connectivity index (χ0n) is 16.0. The van der Waals surface area contributed by atoms with Gasteiger partial charge in [-0.05, 0) is 32.4 Å². The van der Waals surface area contributed by atoms with Gasteiger partial charge >= 0.3 is 0 Å². The first-order chi connectivity index (χ1) is 13.5. The Morgan fingerprint density at radius 1 is 1.39 bits per heavy atom. The third kappa shape index (κ3) is 3.81. The molecule has 0 spiro atoms. The number of fused-ring (bicyclic) bond motifs is 1. The van der Waals surface area contributed by atoms with Crippen LogP contribution in [0.2, 0.25) is 0 Å². The molecule has 3 aromatic rings. The average molecular weight is 397 g/mol. The van der Waals surface area contributed by atoms with Crippen LogP contribution in [0.3, 0.4) is 0 Å². The summed E-state index contributed by atoms with van der Waals surface area (Å²) >= 11 is 4.45. The lowest BCUT2D eigenvalue weighted by Crippen LogP contribution is -2.29. The predicted molar refractivity (Wildman–Crippen MR) is 114 cm³/mol. The maximum Gasteiger partial charge on any atom is 0.180 e. The highest BCUT2D eigenvalue weighted by Gasteiger charge is 2.21. The lowest BCUT2D eigenvalue weighted by atomic mass is 9.96. The molecular weight excluding hydrogens is 372 g/mol. The van der Waals surface area contributed by atoms with Gasteiger partial charge in [0.2, 0.25) is 0 Å². The number of nitrogens with one attached hydrogen (secondary N) is 3. The van der Waals surface area contributed by atoms with E-state index in [1.165, 1.54) is 0 Å². The van der Waals surface area contributed by atoms with E-state index in [-0.39, 0.29) is 0 Å². The van der Waals surface area contributed by atoms with Crippen molar-refractivity contribution in [1.29, 1.82) is 5.41 Å². The molecule has 1 aliphatic rings. The molecule has 0 saturated carbocycles. The zero-order chi connectivity index (χ0) is 19.7. The van der Waals surface area contributed by atoms with Gasteiger partial charge < -0.3 is 16.0 Å². The van der Waals surface area contributed by atoms with Crippen molar-refractivity contribution < 1.29 is 0 Å². The fourth-order valence-corrected chi connectivity index (χ4v) is 3.82. The van der Waals surface area contributed by atoms with Crippen molar-refractivity contribution in [3.05, 3.63) is 41.6 Å². The molecule has 1 atom stereocenters. The number of thiol groups is 1. The summed E-state index contributed by atoms with van der Waals surface area (Å²) < 4.78 is 3.84. The van der Waals surface area contributed by atoms with Crippen LogP contribution >= 0.6 is 12.6 Å². The Labute approximate surface area is 169 Å². The van der Waals surface area contributed by atoms with Gasteiger partial charge in [-0.15, -0.1) is 12.6 Å². The van der Waals surface area contributed by atoms with Gasteiger partial charge in [0.05, 0.1) is 28.8 Å². The minimum atomic E-state index is 0.347. The molecule has 8 nitrogen and oxygen atoms in total. The lowest BCUT2D eigenvalue weighted by molar-refractivity contribution is 0.454. The van der Waals surface area contributed by atoms with Crippen molar-refractivity contribution in [3.63, 3.8) is 0 Å². The molecule has 1 aliphatic heterocycles. The third-order valence-electron chi connectivity index (χ3n) is 4.83. The summed E-state index contributed by atoms with van der Waals surface area (Å²) in [5.74, 6) is 0.986. The van der Waals surface area contributed by atoms with Crippen LogP contribution in [0.4, 0.5) is 5.82 Å². The van der Waals surface area contributed by atoms with Crippen molar-refractivity contribution in [2.75, 3.05) is 18.4 Å². The van der Waals surface area contributed by atoms with Crippen LogP contribution in [0, 0.1) is 5.41 Å². The van der Waals surface area contributed by atoms with E-state index < -0.39 is 0 Å². The highest BCUT2D eigenvalue weighted by Crippen LogP contribution is 2.29. The zero-order valence-corrected chi connectivity index (χ0v) is 16.9. The number of aromatic nitrogens is 5. The van der Waals surface area contributed by atoms with Crippen LogP contribution in [0.25, 0.3) is 16.9 Å². The van der Waals surface area contributed by atoms with E-state index in [2.05, 4.69) is 43.9 Å². The molecule has 3 N–H and O–H groups in total. The van der Waals surface area contributed by atoms with Crippen molar-refractivity contribution in [3.8, 4) is 11.3 Å². The van der Waals surface area contributed by atoms with Crippen LogP contribution in [0.1, 0.15) is 31.4 Å². The van der Waals surface area contributed by atoms with Gasteiger partial charge in [0.15, 0.2) is 11.5 Å². The topological polar surface area (TPSA) is 95.9 Å². The second-order valence-corrected chi connectivity index (χ2v) is 7.62. The van der Waals surface area contributed by atoms with E-state index in [4.69, 9.17) is 10.4 Å². The lowest BCUT2D eigenvalue weighted by Gasteiger charge is -2.23. The van der Waals surface area contributed by atoms with Crippen LogP contribution in [-0.2, 0) is 7.05 Å². The number of aryl methyl sites for hydroxylation is 1. The summed E-state index contributed by atoms with van der Waals surface area (Å²) in [4.78, 5) is 9.46. The number of imidazole rings is 1. The Balaban J connectivity index is 1.83. The smallest absolute Gasteiger partial charge is 0.180 e. The van der Waals surface area contributed by atoms with Crippen molar-refractivity contribution >= 4 is 29.8 Å². The summed E-state index contributed by atoms with van der Waals surface area (Å²) in [6.07, 6.45) is 11.6. The van der Waals surface area contributed by atoms with Crippen molar-refractivity contribution in [2.24, 2.45) is 7.05 Å². The van der Waals surface area contributed by atoms with E-state index in [9.17, 15) is 0 Å². The highest BCUT2D eigenvalue weighted by atomic mass is 32.1. The Hall–Kier alpha value is -2.65. The molecule has 4 rings (SSSR count). The summed E-state index contributed by atoms with van der Waals surface area (Å²) in [5, 5.41) is 19.2. The molecule has 0 aromatic carbocycles. The molecule has 1 saturated heterocycles. The normalized spacial score (nSPS) is 17.8. The standard InChI is InChI=1S/C19H24N8S/c1-12(20)6-17(28)25-18-19-22-9-16(14-8-23-26(2)10-14)27(19)11-15(24-18)13-4-3-5-21-7-13/h6,8-11,13,20-21,28H,3-5,7H2,1-2H3,(H,24,25)/b17-6-,20-12?. The van der Waals surface area contributed by atoms with Crippen LogP contribution in [-0.4, -0.2) is 43.0 Å². The number of nitrogens with zero attached hydrogens (tertiary/aromatic N) is 5. The van der Waals surface area contributed by atoms with Gasteiger partial charge in [0, 0.05) is 43.2 Å². The first kappa shape index (κ1) is 18.7. The molecule has 3 aromatic heterocycles. The fourth-order valence-electron chi connectivity index (χ4n) is 3.52. The summed E-state index contributed by atoms with van der Waals surface area (Å²) in [6.45, 7) is 3.68. The highest BCUT2D eigenvalue weighted by molar-refractivity contribution is 7.84. The van der Waals surface area contributed by atoms with Gasteiger partial charge in [0.25, 0.3) is 0 Å². The Bertz CT molecular complexity index is 1040. The molecular formula is C19H24N8S. The van der Waals surface area contributed by atoms with Gasteiger partial charge in [-0.2, -0.15) is 5.10 Å². The Morgan fingerprint density at radius 3 is 2.93 bits per heavy atom. The van der Waals surface area contributed by atoms with E-state index >= 15 is 0 Å². The Morgan fingerprint density at radius 2 is 2.25 bits per heavy atom. The van der Waals surface area contributed by atoms with Gasteiger partial charge in [0.1, 0.15) is 0 Å². The predicted octanol–water partition coefficient (Wildman–Crippen LogP) is 2.82. The quantitative estimate of drug-likeness (QED) is 0.393. The maximum atomic E-state index is 7.65. The first-order valence-corrected chi connectivity index (χ1v) is 9.76. The molecule has 4 heterocycles. The first-order valence-electron chi connectivity index (χ1n) is 9.32. The molecule has 0 bridgehead atoms. The van der Waals surface area contributed by atoms with Gasteiger partial charge in [-0.25, -0.2) is 9.97 Å². The number of anilines is 1. The Kier molecular flexibility index (Phi) is 5.19. The summed E-state index contributed by atoms with van der Waals surface area (Å²) in [6, 6.07) is 0.